The number of rotatable bonds is 5. The molecule has 0 aliphatic carbocycles. The molecule has 1 heterocycles. The molecular formula is C21H24N2O5. The predicted molar refractivity (Wildman–Crippen MR) is 105 cm³/mol. The summed E-state index contributed by atoms with van der Waals surface area (Å²) in [7, 11) is 1.58. The summed E-state index contributed by atoms with van der Waals surface area (Å²) >= 11 is 0. The van der Waals surface area contributed by atoms with Gasteiger partial charge in [0.2, 0.25) is 0 Å². The topological polar surface area (TPSA) is 88.1 Å². The smallest absolute Gasteiger partial charge is 0.321 e. The van der Waals surface area contributed by atoms with Crippen LogP contribution in [0.5, 0.6) is 17.2 Å². The standard InChI is InChI=1S/C21H24N2O5/c1-14-13-23(12-11-17(14)20(24)25)21(26)22-15-7-9-16(10-8-15)28-19-6-4-3-5-18(19)27-2/h3-10,14,17H,11-13H2,1-2H3,(H,22,26)(H,24,25). The fraction of sp³-hybridized carbons (Fsp3) is 0.333. The van der Waals surface area contributed by atoms with E-state index >= 15 is 0 Å². The van der Waals surface area contributed by atoms with Crippen molar-refractivity contribution < 1.29 is 24.2 Å². The van der Waals surface area contributed by atoms with E-state index in [2.05, 4.69) is 5.32 Å². The molecule has 0 aromatic heterocycles. The number of carboxylic acids is 1. The fourth-order valence-corrected chi connectivity index (χ4v) is 3.34. The van der Waals surface area contributed by atoms with Gasteiger partial charge < -0.3 is 24.8 Å². The largest absolute Gasteiger partial charge is 0.493 e. The molecule has 148 valence electrons. The maximum absolute atomic E-state index is 12.5. The first-order valence-electron chi connectivity index (χ1n) is 9.17. The van der Waals surface area contributed by atoms with E-state index in [9.17, 15) is 14.7 Å². The molecular weight excluding hydrogens is 360 g/mol. The molecule has 2 unspecified atom stereocenters. The van der Waals surface area contributed by atoms with Crippen LogP contribution in [0.2, 0.25) is 0 Å². The third-order valence-electron chi connectivity index (χ3n) is 4.91. The number of urea groups is 1. The molecule has 0 saturated carbocycles. The molecule has 1 aliphatic heterocycles. The quantitative estimate of drug-likeness (QED) is 0.812. The molecule has 2 aromatic rings. The number of methoxy groups -OCH3 is 1. The number of hydrogen-bond donors (Lipinski definition) is 2. The summed E-state index contributed by atoms with van der Waals surface area (Å²) in [5.74, 6) is 0.608. The van der Waals surface area contributed by atoms with Gasteiger partial charge in [0.25, 0.3) is 0 Å². The number of piperidine rings is 1. The van der Waals surface area contributed by atoms with Crippen LogP contribution < -0.4 is 14.8 Å². The molecule has 3 rings (SSSR count). The van der Waals surface area contributed by atoms with Crippen LogP contribution in [0.4, 0.5) is 10.5 Å². The van der Waals surface area contributed by atoms with Crippen molar-refractivity contribution in [1.82, 2.24) is 4.90 Å². The Morgan fingerprint density at radius 3 is 2.39 bits per heavy atom. The number of aliphatic carboxylic acids is 1. The number of hydrogen-bond acceptors (Lipinski definition) is 4. The summed E-state index contributed by atoms with van der Waals surface area (Å²) in [6.07, 6.45) is 0.468. The first-order chi connectivity index (χ1) is 13.5. The second-order valence-electron chi connectivity index (χ2n) is 6.86. The van der Waals surface area contributed by atoms with Gasteiger partial charge in [-0.3, -0.25) is 4.79 Å². The third kappa shape index (κ3) is 4.54. The SMILES string of the molecule is COc1ccccc1Oc1ccc(NC(=O)N2CCC(C(=O)O)C(C)C2)cc1. The molecule has 2 amide bonds. The normalized spacial score (nSPS) is 19.0. The summed E-state index contributed by atoms with van der Waals surface area (Å²) in [5, 5.41) is 12.0. The molecule has 2 aromatic carbocycles. The molecule has 1 saturated heterocycles. The molecule has 28 heavy (non-hydrogen) atoms. The van der Waals surface area contributed by atoms with Gasteiger partial charge in [0.15, 0.2) is 11.5 Å². The average molecular weight is 384 g/mol. The number of carbonyl (C=O) groups excluding carboxylic acids is 1. The van der Waals surface area contributed by atoms with E-state index in [1.165, 1.54) is 0 Å². The van der Waals surface area contributed by atoms with Crippen molar-refractivity contribution >= 4 is 17.7 Å². The van der Waals surface area contributed by atoms with Crippen LogP contribution in [0.15, 0.2) is 48.5 Å². The zero-order valence-electron chi connectivity index (χ0n) is 15.9. The van der Waals surface area contributed by atoms with Crippen LogP contribution in [0.1, 0.15) is 13.3 Å². The van der Waals surface area contributed by atoms with Gasteiger partial charge in [-0.15, -0.1) is 0 Å². The Bertz CT molecular complexity index is 837. The minimum absolute atomic E-state index is 0.0753. The van der Waals surface area contributed by atoms with Gasteiger partial charge in [0.1, 0.15) is 5.75 Å². The molecule has 2 atom stereocenters. The summed E-state index contributed by atoms with van der Waals surface area (Å²) < 4.78 is 11.1. The maximum Gasteiger partial charge on any atom is 0.321 e. The van der Waals surface area contributed by atoms with Crippen LogP contribution >= 0.6 is 0 Å². The van der Waals surface area contributed by atoms with E-state index in [0.29, 0.717) is 42.4 Å². The van der Waals surface area contributed by atoms with E-state index in [0.717, 1.165) is 0 Å². The lowest BCUT2D eigenvalue weighted by Crippen LogP contribution is -2.46. The van der Waals surface area contributed by atoms with Gasteiger partial charge >= 0.3 is 12.0 Å². The van der Waals surface area contributed by atoms with Gasteiger partial charge in [0.05, 0.1) is 13.0 Å². The predicted octanol–water partition coefficient (Wildman–Crippen LogP) is 4.06. The molecule has 7 heteroatoms. The van der Waals surface area contributed by atoms with Gasteiger partial charge in [-0.25, -0.2) is 4.79 Å². The molecule has 0 bridgehead atoms. The molecule has 7 nitrogen and oxygen atoms in total. The van der Waals surface area contributed by atoms with Crippen molar-refractivity contribution in [2.45, 2.75) is 13.3 Å². The Morgan fingerprint density at radius 2 is 1.79 bits per heavy atom. The Balaban J connectivity index is 1.58. The number of amides is 2. The van der Waals surface area contributed by atoms with E-state index in [-0.39, 0.29) is 11.9 Å². The summed E-state index contributed by atoms with van der Waals surface area (Å²) in [6.45, 7) is 2.72. The van der Waals surface area contributed by atoms with Crippen molar-refractivity contribution in [3.8, 4) is 17.2 Å². The van der Waals surface area contributed by atoms with Crippen molar-refractivity contribution in [3.05, 3.63) is 48.5 Å². The first kappa shape index (κ1) is 19.5. The van der Waals surface area contributed by atoms with Gasteiger partial charge in [-0.1, -0.05) is 19.1 Å². The Morgan fingerprint density at radius 1 is 1.11 bits per heavy atom. The maximum atomic E-state index is 12.5. The van der Waals surface area contributed by atoms with Crippen LogP contribution in [-0.4, -0.2) is 42.2 Å². The number of para-hydroxylation sites is 2. The lowest BCUT2D eigenvalue weighted by molar-refractivity contribution is -0.145. The van der Waals surface area contributed by atoms with E-state index in [1.54, 1.807) is 36.3 Å². The monoisotopic (exact) mass is 384 g/mol. The number of carbonyl (C=O) groups is 2. The number of carboxylic acid groups (broad SMARTS) is 1. The number of nitrogens with zero attached hydrogens (tertiary/aromatic N) is 1. The molecule has 2 N–H and O–H groups in total. The van der Waals surface area contributed by atoms with Gasteiger partial charge in [-0.05, 0) is 48.7 Å². The second-order valence-corrected chi connectivity index (χ2v) is 6.86. The average Bonchev–Trinajstić information content (AvgIpc) is 2.69. The third-order valence-corrected chi connectivity index (χ3v) is 4.91. The highest BCUT2D eigenvalue weighted by Crippen LogP contribution is 2.31. The first-order valence-corrected chi connectivity index (χ1v) is 9.17. The lowest BCUT2D eigenvalue weighted by Gasteiger charge is -2.34. The van der Waals surface area contributed by atoms with Crippen molar-refractivity contribution in [1.29, 1.82) is 0 Å². The second kappa shape index (κ2) is 8.65. The molecule has 0 radical (unpaired) electrons. The highest BCUT2D eigenvalue weighted by Gasteiger charge is 2.32. The molecule has 0 spiro atoms. The van der Waals surface area contributed by atoms with Crippen molar-refractivity contribution in [3.63, 3.8) is 0 Å². The van der Waals surface area contributed by atoms with Crippen LogP contribution in [0, 0.1) is 11.8 Å². The minimum atomic E-state index is -0.793. The van der Waals surface area contributed by atoms with E-state index in [1.807, 2.05) is 31.2 Å². The summed E-state index contributed by atoms with van der Waals surface area (Å²) in [4.78, 5) is 25.3. The van der Waals surface area contributed by atoms with Crippen LogP contribution in [-0.2, 0) is 4.79 Å². The fourth-order valence-electron chi connectivity index (χ4n) is 3.34. The minimum Gasteiger partial charge on any atom is -0.493 e. The number of anilines is 1. The highest BCUT2D eigenvalue weighted by molar-refractivity contribution is 5.89. The van der Waals surface area contributed by atoms with Crippen LogP contribution in [0.3, 0.4) is 0 Å². The van der Waals surface area contributed by atoms with Crippen molar-refractivity contribution in [2.24, 2.45) is 11.8 Å². The zero-order valence-corrected chi connectivity index (χ0v) is 15.9. The van der Waals surface area contributed by atoms with Crippen LogP contribution in [0.25, 0.3) is 0 Å². The number of benzene rings is 2. The van der Waals surface area contributed by atoms with Gasteiger partial charge in [-0.2, -0.15) is 0 Å². The highest BCUT2D eigenvalue weighted by atomic mass is 16.5. The summed E-state index contributed by atoms with van der Waals surface area (Å²) in [6, 6.07) is 14.2. The lowest BCUT2D eigenvalue weighted by atomic mass is 9.87. The number of nitrogens with one attached hydrogen (secondary N) is 1. The Labute approximate surface area is 163 Å². The van der Waals surface area contributed by atoms with E-state index < -0.39 is 11.9 Å². The molecule has 1 fully saturated rings. The Hall–Kier alpha value is -3.22. The Kier molecular flexibility index (Phi) is 6.03. The number of ether oxygens (including phenoxy) is 2. The zero-order chi connectivity index (χ0) is 20.1. The van der Waals surface area contributed by atoms with Gasteiger partial charge in [0, 0.05) is 18.8 Å². The number of likely N-dealkylation sites (tertiary alicyclic amines) is 1. The van der Waals surface area contributed by atoms with E-state index in [4.69, 9.17) is 9.47 Å². The van der Waals surface area contributed by atoms with Crippen molar-refractivity contribution in [2.75, 3.05) is 25.5 Å². The summed E-state index contributed by atoms with van der Waals surface area (Å²) in [5.41, 5.74) is 0.644. The molecule has 1 aliphatic rings.